The summed E-state index contributed by atoms with van der Waals surface area (Å²) in [5.41, 5.74) is 3.30. The molecule has 0 unspecified atom stereocenters. The number of hydrogen-bond acceptors (Lipinski definition) is 3. The molecular formula is C17H16BrNO2. The Morgan fingerprint density at radius 3 is 2.33 bits per heavy atom. The molecule has 0 fully saturated rings. The van der Waals surface area contributed by atoms with Crippen molar-refractivity contribution >= 4 is 15.9 Å². The van der Waals surface area contributed by atoms with Crippen LogP contribution < -0.4 is 4.74 Å². The van der Waals surface area contributed by atoms with E-state index in [-0.39, 0.29) is 0 Å². The molecule has 0 aliphatic rings. The van der Waals surface area contributed by atoms with Gasteiger partial charge in [-0.05, 0) is 56.2 Å². The molecule has 0 bridgehead atoms. The van der Waals surface area contributed by atoms with E-state index in [1.54, 1.807) is 25.1 Å². The highest BCUT2D eigenvalue weighted by molar-refractivity contribution is 9.10. The van der Waals surface area contributed by atoms with Crippen molar-refractivity contribution in [3.05, 3.63) is 57.1 Å². The Labute approximate surface area is 132 Å². The third-order valence-corrected chi connectivity index (χ3v) is 4.48. The maximum Gasteiger partial charge on any atom is 0.134 e. The predicted octanol–water partition coefficient (Wildman–Crippen LogP) is 4.78. The number of aliphatic hydroxyl groups is 1. The number of halogens is 1. The Balaban J connectivity index is 2.45. The fourth-order valence-electron chi connectivity index (χ4n) is 2.13. The van der Waals surface area contributed by atoms with Crippen LogP contribution in [0.25, 0.3) is 0 Å². The zero-order chi connectivity index (χ0) is 15.6. The highest BCUT2D eigenvalue weighted by Crippen LogP contribution is 2.33. The van der Waals surface area contributed by atoms with Gasteiger partial charge in [0.05, 0.1) is 17.7 Å². The second-order valence-electron chi connectivity index (χ2n) is 5.01. The van der Waals surface area contributed by atoms with E-state index in [1.165, 1.54) is 0 Å². The molecule has 4 heteroatoms. The van der Waals surface area contributed by atoms with E-state index in [2.05, 4.69) is 22.0 Å². The molecule has 108 valence electrons. The summed E-state index contributed by atoms with van der Waals surface area (Å²) in [7, 11) is 0. The van der Waals surface area contributed by atoms with Gasteiger partial charge in [-0.3, -0.25) is 0 Å². The van der Waals surface area contributed by atoms with Crippen LogP contribution in [0.15, 0.2) is 34.8 Å². The number of hydrogen-bond donors (Lipinski definition) is 1. The highest BCUT2D eigenvalue weighted by atomic mass is 79.9. The van der Waals surface area contributed by atoms with Crippen molar-refractivity contribution in [2.24, 2.45) is 0 Å². The standard InChI is InChI=1S/C17H16BrNO2/c1-10-6-14(7-11(2)17(10)18)21-16-8-13(9-19)4-5-15(16)12(3)20/h4-8,12,20H,1-3H3/t12-/m0/s1. The Morgan fingerprint density at radius 2 is 1.81 bits per heavy atom. The lowest BCUT2D eigenvalue weighted by Crippen LogP contribution is -1.97. The average molecular weight is 346 g/mol. The minimum Gasteiger partial charge on any atom is -0.457 e. The van der Waals surface area contributed by atoms with E-state index in [9.17, 15) is 5.11 Å². The summed E-state index contributed by atoms with van der Waals surface area (Å²) < 4.78 is 6.95. The molecule has 21 heavy (non-hydrogen) atoms. The van der Waals surface area contributed by atoms with Crippen molar-refractivity contribution in [3.8, 4) is 17.6 Å². The molecule has 0 aromatic heterocycles. The van der Waals surface area contributed by atoms with Crippen LogP contribution in [0.5, 0.6) is 11.5 Å². The van der Waals surface area contributed by atoms with E-state index < -0.39 is 6.10 Å². The number of aliphatic hydroxyl groups excluding tert-OH is 1. The second kappa shape index (κ2) is 6.30. The first kappa shape index (κ1) is 15.6. The van der Waals surface area contributed by atoms with Crippen molar-refractivity contribution in [1.29, 1.82) is 5.26 Å². The molecule has 2 rings (SSSR count). The first-order valence-electron chi connectivity index (χ1n) is 6.59. The summed E-state index contributed by atoms with van der Waals surface area (Å²) in [5.74, 6) is 1.19. The topological polar surface area (TPSA) is 53.2 Å². The van der Waals surface area contributed by atoms with Crippen molar-refractivity contribution < 1.29 is 9.84 Å². The quantitative estimate of drug-likeness (QED) is 0.870. The summed E-state index contributed by atoms with van der Waals surface area (Å²) in [6, 6.07) is 11.0. The average Bonchev–Trinajstić information content (AvgIpc) is 2.44. The Bertz CT molecular complexity index is 694. The van der Waals surface area contributed by atoms with Gasteiger partial charge in [-0.2, -0.15) is 5.26 Å². The zero-order valence-electron chi connectivity index (χ0n) is 12.1. The third-order valence-electron chi connectivity index (χ3n) is 3.23. The molecule has 0 spiro atoms. The monoisotopic (exact) mass is 345 g/mol. The smallest absolute Gasteiger partial charge is 0.134 e. The fraction of sp³-hybridized carbons (Fsp3) is 0.235. The summed E-state index contributed by atoms with van der Waals surface area (Å²) in [6.45, 7) is 5.66. The lowest BCUT2D eigenvalue weighted by atomic mass is 10.1. The second-order valence-corrected chi connectivity index (χ2v) is 5.81. The van der Waals surface area contributed by atoms with Crippen molar-refractivity contribution in [3.63, 3.8) is 0 Å². The van der Waals surface area contributed by atoms with E-state index in [4.69, 9.17) is 10.00 Å². The van der Waals surface area contributed by atoms with E-state index in [0.29, 0.717) is 22.6 Å². The van der Waals surface area contributed by atoms with Gasteiger partial charge in [0.2, 0.25) is 0 Å². The Hall–Kier alpha value is -1.83. The predicted molar refractivity (Wildman–Crippen MR) is 85.5 cm³/mol. The first-order chi connectivity index (χ1) is 9.92. The molecule has 1 N–H and O–H groups in total. The summed E-state index contributed by atoms with van der Waals surface area (Å²) in [4.78, 5) is 0. The Morgan fingerprint density at radius 1 is 1.19 bits per heavy atom. The number of nitrogens with zero attached hydrogens (tertiary/aromatic N) is 1. The van der Waals surface area contributed by atoms with Crippen LogP contribution in [0.3, 0.4) is 0 Å². The SMILES string of the molecule is Cc1cc(Oc2cc(C#N)ccc2[C@H](C)O)cc(C)c1Br. The van der Waals surface area contributed by atoms with Gasteiger partial charge in [0.1, 0.15) is 11.5 Å². The number of benzene rings is 2. The number of ether oxygens (including phenoxy) is 1. The molecule has 2 aromatic rings. The maximum atomic E-state index is 9.83. The van der Waals surface area contributed by atoms with E-state index in [0.717, 1.165) is 15.6 Å². The molecule has 0 amide bonds. The Kier molecular flexibility index (Phi) is 4.66. The van der Waals surface area contributed by atoms with E-state index >= 15 is 0 Å². The largest absolute Gasteiger partial charge is 0.457 e. The van der Waals surface area contributed by atoms with Gasteiger partial charge in [0.15, 0.2) is 0 Å². The van der Waals surface area contributed by atoms with Crippen molar-refractivity contribution in [2.45, 2.75) is 26.9 Å². The minimum absolute atomic E-state index is 0.500. The van der Waals surface area contributed by atoms with Crippen molar-refractivity contribution in [1.82, 2.24) is 0 Å². The zero-order valence-corrected chi connectivity index (χ0v) is 13.7. The lowest BCUT2D eigenvalue weighted by molar-refractivity contribution is 0.195. The van der Waals surface area contributed by atoms with Crippen LogP contribution in [-0.2, 0) is 0 Å². The van der Waals surface area contributed by atoms with Gasteiger partial charge >= 0.3 is 0 Å². The number of rotatable bonds is 3. The van der Waals surface area contributed by atoms with Crippen molar-refractivity contribution in [2.75, 3.05) is 0 Å². The van der Waals surface area contributed by atoms with Gasteiger partial charge in [0, 0.05) is 10.0 Å². The summed E-state index contributed by atoms with van der Waals surface area (Å²) >= 11 is 3.52. The van der Waals surface area contributed by atoms with Crippen LogP contribution in [0.2, 0.25) is 0 Å². The van der Waals surface area contributed by atoms with Crippen LogP contribution in [0, 0.1) is 25.2 Å². The molecular weight excluding hydrogens is 330 g/mol. The molecule has 1 atom stereocenters. The first-order valence-corrected chi connectivity index (χ1v) is 7.38. The van der Waals surface area contributed by atoms with Gasteiger partial charge < -0.3 is 9.84 Å². The fourth-order valence-corrected chi connectivity index (χ4v) is 2.36. The third kappa shape index (κ3) is 3.44. The van der Waals surface area contributed by atoms with Gasteiger partial charge in [0.25, 0.3) is 0 Å². The van der Waals surface area contributed by atoms with Gasteiger partial charge in [-0.15, -0.1) is 0 Å². The van der Waals surface area contributed by atoms with Crippen LogP contribution in [0.1, 0.15) is 35.3 Å². The summed E-state index contributed by atoms with van der Waals surface area (Å²) in [6.07, 6.45) is -0.662. The maximum absolute atomic E-state index is 9.83. The molecule has 0 aliphatic carbocycles. The number of nitriles is 1. The normalized spacial score (nSPS) is 11.8. The van der Waals surface area contributed by atoms with Gasteiger partial charge in [-0.25, -0.2) is 0 Å². The van der Waals surface area contributed by atoms with Crippen LogP contribution >= 0.6 is 15.9 Å². The molecule has 3 nitrogen and oxygen atoms in total. The molecule has 2 aromatic carbocycles. The van der Waals surface area contributed by atoms with Crippen LogP contribution in [0.4, 0.5) is 0 Å². The highest BCUT2D eigenvalue weighted by Gasteiger charge is 2.12. The van der Waals surface area contributed by atoms with Gasteiger partial charge in [-0.1, -0.05) is 22.0 Å². The summed E-state index contributed by atoms with van der Waals surface area (Å²) in [5, 5.41) is 18.8. The minimum atomic E-state index is -0.662. The van der Waals surface area contributed by atoms with E-state index in [1.807, 2.05) is 26.0 Å². The van der Waals surface area contributed by atoms with Crippen LogP contribution in [-0.4, -0.2) is 5.11 Å². The molecule has 0 heterocycles. The molecule has 0 saturated heterocycles. The lowest BCUT2D eigenvalue weighted by Gasteiger charge is -2.15. The molecule has 0 radical (unpaired) electrons. The molecule has 0 saturated carbocycles. The number of aryl methyl sites for hydroxylation is 2. The molecule has 0 aliphatic heterocycles.